The molecule has 1 aliphatic heterocycles. The number of nitrogens with two attached hydrogens (primary N) is 1. The lowest BCUT2D eigenvalue weighted by molar-refractivity contribution is 0.0498. The Balaban J connectivity index is 1.79. The fourth-order valence-corrected chi connectivity index (χ4v) is 4.27. The van der Waals surface area contributed by atoms with Gasteiger partial charge in [0.05, 0.1) is 11.8 Å². The van der Waals surface area contributed by atoms with Crippen LogP contribution in [0.15, 0.2) is 0 Å². The van der Waals surface area contributed by atoms with Gasteiger partial charge in [0.2, 0.25) is 0 Å². The molecule has 2 heterocycles. The summed E-state index contributed by atoms with van der Waals surface area (Å²) in [4.78, 5) is 8.52. The number of hydrogen-bond donors (Lipinski definition) is 1. The number of aromatic nitrogens is 1. The summed E-state index contributed by atoms with van der Waals surface area (Å²) >= 11 is 1.80. The number of aryl methyl sites for hydroxylation is 1. The summed E-state index contributed by atoms with van der Waals surface area (Å²) in [7, 11) is 1.81. The predicted octanol–water partition coefficient (Wildman–Crippen LogP) is 2.34. The van der Waals surface area contributed by atoms with E-state index in [4.69, 9.17) is 15.5 Å². The third-order valence-electron chi connectivity index (χ3n) is 4.44. The summed E-state index contributed by atoms with van der Waals surface area (Å²) in [5, 5.41) is 1.15. The lowest BCUT2D eigenvalue weighted by Gasteiger charge is -2.36. The summed E-state index contributed by atoms with van der Waals surface area (Å²) in [6.07, 6.45) is 4.87. The van der Waals surface area contributed by atoms with Gasteiger partial charge < -0.3 is 15.4 Å². The fraction of sp³-hybridized carbons (Fsp3) is 0.786. The number of ether oxygens (including phenoxy) is 1. The van der Waals surface area contributed by atoms with Gasteiger partial charge >= 0.3 is 0 Å². The van der Waals surface area contributed by atoms with E-state index >= 15 is 0 Å². The highest BCUT2D eigenvalue weighted by Gasteiger charge is 2.29. The summed E-state index contributed by atoms with van der Waals surface area (Å²) in [5.41, 5.74) is 7.43. The van der Waals surface area contributed by atoms with E-state index in [-0.39, 0.29) is 6.04 Å². The van der Waals surface area contributed by atoms with Crippen LogP contribution in [0, 0.1) is 5.92 Å². The van der Waals surface area contributed by atoms with Crippen LogP contribution < -0.4 is 10.6 Å². The van der Waals surface area contributed by atoms with Gasteiger partial charge in [-0.1, -0.05) is 18.3 Å². The first-order chi connectivity index (χ1) is 9.19. The van der Waals surface area contributed by atoms with E-state index in [2.05, 4.69) is 11.8 Å². The SMILES string of the molecule is COC1CN(c2nc3c(s2)C(N)CCC3)CCC1C. The van der Waals surface area contributed by atoms with E-state index in [9.17, 15) is 0 Å². The highest BCUT2D eigenvalue weighted by Crippen LogP contribution is 2.37. The van der Waals surface area contributed by atoms with E-state index in [1.807, 2.05) is 7.11 Å². The maximum atomic E-state index is 6.19. The van der Waals surface area contributed by atoms with Crippen LogP contribution in [0.2, 0.25) is 0 Å². The van der Waals surface area contributed by atoms with Crippen molar-refractivity contribution in [3.05, 3.63) is 10.6 Å². The first-order valence-electron chi connectivity index (χ1n) is 7.22. The van der Waals surface area contributed by atoms with Crippen LogP contribution >= 0.6 is 11.3 Å². The second-order valence-electron chi connectivity index (χ2n) is 5.79. The van der Waals surface area contributed by atoms with Gasteiger partial charge in [-0.05, 0) is 31.6 Å². The molecule has 1 saturated heterocycles. The molecule has 3 atom stereocenters. The molecule has 1 aliphatic carbocycles. The van der Waals surface area contributed by atoms with Gasteiger partial charge in [0.1, 0.15) is 0 Å². The van der Waals surface area contributed by atoms with Crippen LogP contribution in [0.4, 0.5) is 5.13 Å². The monoisotopic (exact) mass is 281 g/mol. The minimum atomic E-state index is 0.205. The van der Waals surface area contributed by atoms with Crippen molar-refractivity contribution >= 4 is 16.5 Å². The van der Waals surface area contributed by atoms with Crippen LogP contribution in [0.1, 0.15) is 42.8 Å². The van der Waals surface area contributed by atoms with Crippen molar-refractivity contribution in [1.29, 1.82) is 0 Å². The van der Waals surface area contributed by atoms with E-state index in [0.29, 0.717) is 12.0 Å². The van der Waals surface area contributed by atoms with E-state index in [1.165, 1.54) is 23.4 Å². The molecular formula is C14H23N3OS. The first-order valence-corrected chi connectivity index (χ1v) is 8.03. The number of nitrogens with zero attached hydrogens (tertiary/aromatic N) is 2. The van der Waals surface area contributed by atoms with Gasteiger partial charge in [-0.3, -0.25) is 0 Å². The molecule has 5 heteroatoms. The Morgan fingerprint density at radius 1 is 1.42 bits per heavy atom. The predicted molar refractivity (Wildman–Crippen MR) is 78.8 cm³/mol. The molecule has 3 unspecified atom stereocenters. The average molecular weight is 281 g/mol. The summed E-state index contributed by atoms with van der Waals surface area (Å²) in [6.45, 7) is 4.32. The quantitative estimate of drug-likeness (QED) is 0.904. The number of thiazole rings is 1. The third-order valence-corrected chi connectivity index (χ3v) is 5.73. The minimum Gasteiger partial charge on any atom is -0.379 e. The van der Waals surface area contributed by atoms with Crippen molar-refractivity contribution in [1.82, 2.24) is 4.98 Å². The summed E-state index contributed by atoms with van der Waals surface area (Å²) in [6, 6.07) is 0.205. The molecule has 1 fully saturated rings. The average Bonchev–Trinajstić information content (AvgIpc) is 2.85. The number of methoxy groups -OCH3 is 1. The van der Waals surface area contributed by atoms with Gasteiger partial charge in [0.15, 0.2) is 5.13 Å². The van der Waals surface area contributed by atoms with Gasteiger partial charge in [0.25, 0.3) is 0 Å². The zero-order valence-corrected chi connectivity index (χ0v) is 12.6. The van der Waals surface area contributed by atoms with Gasteiger partial charge in [0, 0.05) is 31.1 Å². The Morgan fingerprint density at radius 2 is 2.26 bits per heavy atom. The lowest BCUT2D eigenvalue weighted by Crippen LogP contribution is -2.43. The van der Waals surface area contributed by atoms with Crippen molar-refractivity contribution < 1.29 is 4.74 Å². The molecule has 106 valence electrons. The van der Waals surface area contributed by atoms with Crippen molar-refractivity contribution in [3.8, 4) is 0 Å². The first kappa shape index (κ1) is 13.3. The number of hydrogen-bond acceptors (Lipinski definition) is 5. The lowest BCUT2D eigenvalue weighted by atomic mass is 9.96. The normalized spacial score (nSPS) is 31.3. The summed E-state index contributed by atoms with van der Waals surface area (Å²) in [5.74, 6) is 0.637. The van der Waals surface area contributed by atoms with Gasteiger partial charge in [-0.2, -0.15) is 0 Å². The molecule has 1 aromatic rings. The molecule has 3 rings (SSSR count). The summed E-state index contributed by atoms with van der Waals surface area (Å²) < 4.78 is 5.59. The standard InChI is InChI=1S/C14H23N3OS/c1-9-6-7-17(8-12(9)18-2)14-16-11-5-3-4-10(15)13(11)19-14/h9-10,12H,3-8,15H2,1-2H3. The molecule has 0 radical (unpaired) electrons. The fourth-order valence-electron chi connectivity index (χ4n) is 3.09. The molecule has 0 saturated carbocycles. The zero-order valence-electron chi connectivity index (χ0n) is 11.8. The Labute approximate surface area is 119 Å². The number of piperidine rings is 1. The van der Waals surface area contributed by atoms with Gasteiger partial charge in [-0.15, -0.1) is 0 Å². The van der Waals surface area contributed by atoms with Crippen molar-refractivity contribution in [2.45, 2.75) is 44.8 Å². The third kappa shape index (κ3) is 2.51. The number of rotatable bonds is 2. The van der Waals surface area contributed by atoms with Crippen molar-refractivity contribution in [3.63, 3.8) is 0 Å². The Hall–Kier alpha value is -0.650. The minimum absolute atomic E-state index is 0.205. The molecule has 0 spiro atoms. The number of anilines is 1. The molecule has 19 heavy (non-hydrogen) atoms. The van der Waals surface area contributed by atoms with Crippen LogP contribution in [0.3, 0.4) is 0 Å². The van der Waals surface area contributed by atoms with Crippen LogP contribution in [0.5, 0.6) is 0 Å². The Morgan fingerprint density at radius 3 is 3.00 bits per heavy atom. The zero-order chi connectivity index (χ0) is 13.4. The number of fused-ring (bicyclic) bond motifs is 1. The largest absolute Gasteiger partial charge is 0.379 e. The van der Waals surface area contributed by atoms with Gasteiger partial charge in [-0.25, -0.2) is 4.98 Å². The van der Waals surface area contributed by atoms with E-state index in [0.717, 1.165) is 31.1 Å². The van der Waals surface area contributed by atoms with Crippen LogP contribution in [0.25, 0.3) is 0 Å². The molecule has 0 aromatic carbocycles. The van der Waals surface area contributed by atoms with Crippen molar-refractivity contribution in [2.24, 2.45) is 11.7 Å². The van der Waals surface area contributed by atoms with E-state index < -0.39 is 0 Å². The maximum Gasteiger partial charge on any atom is 0.185 e. The maximum absolute atomic E-state index is 6.19. The second-order valence-corrected chi connectivity index (χ2v) is 6.80. The highest BCUT2D eigenvalue weighted by atomic mass is 32.1. The van der Waals surface area contributed by atoms with Crippen LogP contribution in [-0.2, 0) is 11.2 Å². The molecule has 0 bridgehead atoms. The smallest absolute Gasteiger partial charge is 0.185 e. The molecule has 2 aliphatic rings. The molecule has 4 nitrogen and oxygen atoms in total. The van der Waals surface area contributed by atoms with Crippen LogP contribution in [-0.4, -0.2) is 31.3 Å². The molecule has 0 amide bonds. The second kappa shape index (κ2) is 5.38. The molecular weight excluding hydrogens is 258 g/mol. The topological polar surface area (TPSA) is 51.4 Å². The Kier molecular flexibility index (Phi) is 3.78. The highest BCUT2D eigenvalue weighted by molar-refractivity contribution is 7.15. The Bertz CT molecular complexity index is 448. The molecule has 1 aromatic heterocycles. The van der Waals surface area contributed by atoms with Crippen molar-refractivity contribution in [2.75, 3.05) is 25.1 Å². The molecule has 2 N–H and O–H groups in total. The van der Waals surface area contributed by atoms with E-state index in [1.54, 1.807) is 11.3 Å².